The lowest BCUT2D eigenvalue weighted by Crippen LogP contribution is -2.37. The number of halogens is 1. The van der Waals surface area contributed by atoms with Crippen LogP contribution in [-0.2, 0) is 10.5 Å². The van der Waals surface area contributed by atoms with E-state index in [2.05, 4.69) is 15.5 Å². The van der Waals surface area contributed by atoms with Crippen molar-refractivity contribution in [1.82, 2.24) is 15.5 Å². The van der Waals surface area contributed by atoms with Crippen molar-refractivity contribution in [2.45, 2.75) is 63.7 Å². The summed E-state index contributed by atoms with van der Waals surface area (Å²) >= 11 is 1.36. The van der Waals surface area contributed by atoms with E-state index in [1.807, 2.05) is 34.6 Å². The number of hydrogen-bond donors (Lipinski definition) is 1. The molecule has 1 amide bonds. The lowest BCUT2D eigenvalue weighted by Gasteiger charge is -2.24. The summed E-state index contributed by atoms with van der Waals surface area (Å²) in [5, 5.41) is 11.4. The number of carbonyl (C=O) groups excluding carboxylic acids is 1. The number of carbonyl (C=O) groups is 1. The average molecular weight is 396 g/mol. The van der Waals surface area contributed by atoms with Crippen LogP contribution in [0, 0.1) is 11.7 Å². The Bertz CT molecular complexity index is 743. The summed E-state index contributed by atoms with van der Waals surface area (Å²) in [7, 11) is 0. The standard InChI is InChI=1S/C19H26FN3O3S/c1-6-12(2)15(21-17(24)26-19(3,4)5)16-22-23-18(25-16)27-11-13-7-9-14(20)10-8-13/h7-10,12,15H,6,11H2,1-5H3,(H,21,24). The van der Waals surface area contributed by atoms with Gasteiger partial charge in [-0.2, -0.15) is 0 Å². The van der Waals surface area contributed by atoms with Crippen molar-refractivity contribution in [3.8, 4) is 0 Å². The van der Waals surface area contributed by atoms with Crippen LogP contribution in [0.3, 0.4) is 0 Å². The monoisotopic (exact) mass is 395 g/mol. The van der Waals surface area contributed by atoms with Crippen LogP contribution in [0.25, 0.3) is 0 Å². The highest BCUT2D eigenvalue weighted by atomic mass is 32.2. The van der Waals surface area contributed by atoms with Gasteiger partial charge in [-0.3, -0.25) is 0 Å². The van der Waals surface area contributed by atoms with Gasteiger partial charge >= 0.3 is 6.09 Å². The van der Waals surface area contributed by atoms with E-state index in [9.17, 15) is 9.18 Å². The average Bonchev–Trinajstić information content (AvgIpc) is 3.05. The molecule has 27 heavy (non-hydrogen) atoms. The highest BCUT2D eigenvalue weighted by Gasteiger charge is 2.28. The molecule has 0 fully saturated rings. The Labute approximate surface area is 163 Å². The first kappa shape index (κ1) is 21.2. The summed E-state index contributed by atoms with van der Waals surface area (Å²) in [4.78, 5) is 12.1. The van der Waals surface area contributed by atoms with E-state index in [0.29, 0.717) is 16.9 Å². The molecular formula is C19H26FN3O3S. The van der Waals surface area contributed by atoms with Crippen molar-refractivity contribution >= 4 is 17.9 Å². The second-order valence-corrected chi connectivity index (χ2v) is 8.26. The minimum absolute atomic E-state index is 0.0907. The third kappa shape index (κ3) is 6.86. The van der Waals surface area contributed by atoms with Gasteiger partial charge in [0.25, 0.3) is 5.22 Å². The zero-order valence-electron chi connectivity index (χ0n) is 16.3. The molecule has 0 spiro atoms. The van der Waals surface area contributed by atoms with Gasteiger partial charge < -0.3 is 14.5 Å². The number of rotatable bonds is 7. The first-order chi connectivity index (χ1) is 12.7. The number of nitrogens with zero attached hydrogens (tertiary/aromatic N) is 2. The molecule has 0 aliphatic carbocycles. The van der Waals surface area contributed by atoms with E-state index >= 15 is 0 Å². The van der Waals surface area contributed by atoms with Crippen molar-refractivity contribution in [2.75, 3.05) is 0 Å². The molecular weight excluding hydrogens is 369 g/mol. The van der Waals surface area contributed by atoms with E-state index in [-0.39, 0.29) is 11.7 Å². The first-order valence-corrected chi connectivity index (χ1v) is 9.86. The van der Waals surface area contributed by atoms with E-state index in [4.69, 9.17) is 9.15 Å². The number of alkyl carbamates (subject to hydrolysis) is 1. The molecule has 2 unspecified atom stereocenters. The van der Waals surface area contributed by atoms with Crippen LogP contribution in [0.5, 0.6) is 0 Å². The van der Waals surface area contributed by atoms with E-state index in [1.165, 1.54) is 23.9 Å². The number of ether oxygens (including phenoxy) is 1. The molecule has 0 saturated heterocycles. The summed E-state index contributed by atoms with van der Waals surface area (Å²) in [5.74, 6) is 0.744. The molecule has 0 aliphatic heterocycles. The summed E-state index contributed by atoms with van der Waals surface area (Å²) < 4.78 is 24.0. The van der Waals surface area contributed by atoms with Gasteiger partial charge in [0.1, 0.15) is 17.5 Å². The van der Waals surface area contributed by atoms with Crippen LogP contribution < -0.4 is 5.32 Å². The Morgan fingerprint density at radius 2 is 1.96 bits per heavy atom. The second kappa shape index (κ2) is 9.21. The Morgan fingerprint density at radius 3 is 2.56 bits per heavy atom. The largest absolute Gasteiger partial charge is 0.444 e. The molecule has 1 aromatic carbocycles. The van der Waals surface area contributed by atoms with Gasteiger partial charge in [-0.25, -0.2) is 9.18 Å². The fourth-order valence-electron chi connectivity index (χ4n) is 2.25. The second-order valence-electron chi connectivity index (χ2n) is 7.33. The van der Waals surface area contributed by atoms with Gasteiger partial charge in [0, 0.05) is 5.75 Å². The third-order valence-electron chi connectivity index (χ3n) is 3.85. The third-order valence-corrected chi connectivity index (χ3v) is 4.74. The molecule has 2 rings (SSSR count). The van der Waals surface area contributed by atoms with Crippen molar-refractivity contribution in [3.63, 3.8) is 0 Å². The number of nitrogens with one attached hydrogen (secondary N) is 1. The molecule has 2 aromatic rings. The van der Waals surface area contributed by atoms with Gasteiger partial charge in [-0.1, -0.05) is 44.2 Å². The van der Waals surface area contributed by atoms with E-state index in [1.54, 1.807) is 12.1 Å². The molecule has 0 radical (unpaired) electrons. The fraction of sp³-hybridized carbons (Fsp3) is 0.526. The number of thioether (sulfide) groups is 1. The summed E-state index contributed by atoms with van der Waals surface area (Å²) in [6.07, 6.45) is 0.299. The number of hydrogen-bond acceptors (Lipinski definition) is 6. The van der Waals surface area contributed by atoms with Crippen molar-refractivity contribution in [1.29, 1.82) is 0 Å². The van der Waals surface area contributed by atoms with Crippen molar-refractivity contribution < 1.29 is 18.3 Å². The van der Waals surface area contributed by atoms with Crippen LogP contribution in [-0.4, -0.2) is 21.9 Å². The van der Waals surface area contributed by atoms with Crippen LogP contribution in [0.1, 0.15) is 58.5 Å². The van der Waals surface area contributed by atoms with Gasteiger partial charge in [0.05, 0.1) is 0 Å². The summed E-state index contributed by atoms with van der Waals surface area (Å²) in [6, 6.07) is 5.83. The maximum atomic E-state index is 13.0. The smallest absolute Gasteiger partial charge is 0.408 e. The fourth-order valence-corrected chi connectivity index (χ4v) is 2.97. The summed E-state index contributed by atoms with van der Waals surface area (Å²) in [5.41, 5.74) is 0.362. The maximum Gasteiger partial charge on any atom is 0.408 e. The zero-order valence-corrected chi connectivity index (χ0v) is 17.1. The van der Waals surface area contributed by atoms with E-state index < -0.39 is 17.7 Å². The van der Waals surface area contributed by atoms with Crippen LogP contribution in [0.15, 0.2) is 33.9 Å². The first-order valence-electron chi connectivity index (χ1n) is 8.88. The van der Waals surface area contributed by atoms with Gasteiger partial charge in [-0.15, -0.1) is 10.2 Å². The molecule has 1 aromatic heterocycles. The predicted octanol–water partition coefficient (Wildman–Crippen LogP) is 5.11. The van der Waals surface area contributed by atoms with Crippen LogP contribution in [0.2, 0.25) is 0 Å². The molecule has 8 heteroatoms. The normalized spacial score (nSPS) is 13.9. The van der Waals surface area contributed by atoms with Crippen LogP contribution in [0.4, 0.5) is 9.18 Å². The molecule has 0 aliphatic rings. The molecule has 0 bridgehead atoms. The minimum atomic E-state index is -0.588. The van der Waals surface area contributed by atoms with Gasteiger partial charge in [0.2, 0.25) is 5.89 Å². The van der Waals surface area contributed by atoms with Gasteiger partial charge in [0.15, 0.2) is 0 Å². The summed E-state index contributed by atoms with van der Waals surface area (Å²) in [6.45, 7) is 9.44. The Balaban J connectivity index is 2.04. The van der Waals surface area contributed by atoms with E-state index in [0.717, 1.165) is 12.0 Å². The highest BCUT2D eigenvalue weighted by molar-refractivity contribution is 7.98. The van der Waals surface area contributed by atoms with Crippen LogP contribution >= 0.6 is 11.8 Å². The highest BCUT2D eigenvalue weighted by Crippen LogP contribution is 2.28. The molecule has 1 N–H and O–H groups in total. The SMILES string of the molecule is CCC(C)C(NC(=O)OC(C)(C)C)c1nnc(SCc2ccc(F)cc2)o1. The number of aromatic nitrogens is 2. The Hall–Kier alpha value is -2.09. The number of amides is 1. The minimum Gasteiger partial charge on any atom is -0.444 e. The maximum absolute atomic E-state index is 13.0. The van der Waals surface area contributed by atoms with Crippen molar-refractivity contribution in [2.24, 2.45) is 5.92 Å². The molecule has 148 valence electrons. The number of benzene rings is 1. The van der Waals surface area contributed by atoms with Gasteiger partial charge in [-0.05, 0) is 44.4 Å². The predicted molar refractivity (Wildman–Crippen MR) is 102 cm³/mol. The molecule has 2 atom stereocenters. The lowest BCUT2D eigenvalue weighted by molar-refractivity contribution is 0.0473. The Kier molecular flexibility index (Phi) is 7.24. The molecule has 0 saturated carbocycles. The van der Waals surface area contributed by atoms with Crippen molar-refractivity contribution in [3.05, 3.63) is 41.5 Å². The molecule has 1 heterocycles. The topological polar surface area (TPSA) is 77.2 Å². The Morgan fingerprint density at radius 1 is 1.30 bits per heavy atom. The quantitative estimate of drug-likeness (QED) is 0.656. The molecule has 6 nitrogen and oxygen atoms in total. The lowest BCUT2D eigenvalue weighted by atomic mass is 9.99. The zero-order chi connectivity index (χ0) is 20.0.